The minimum absolute atomic E-state index is 0.0599. The Morgan fingerprint density at radius 3 is 1.79 bits per heavy atom. The van der Waals surface area contributed by atoms with Gasteiger partial charge in [0.2, 0.25) is 17.7 Å². The largest absolute Gasteiger partial charge is 0.480 e. The van der Waals surface area contributed by atoms with E-state index < -0.39 is 55.0 Å². The summed E-state index contributed by atoms with van der Waals surface area (Å²) in [5.41, 5.74) is 26.6. The fourth-order valence-corrected chi connectivity index (χ4v) is 2.45. The highest BCUT2D eigenvalue weighted by atomic mass is 16.4. The maximum Gasteiger partial charge on any atom is 0.322 e. The van der Waals surface area contributed by atoms with Crippen LogP contribution in [0, 0.1) is 0 Å². The number of aliphatic hydroxyl groups excluding tert-OH is 1. The van der Waals surface area contributed by atoms with E-state index in [1.54, 1.807) is 0 Å². The number of nitrogens with one attached hydrogen (secondary N) is 3. The number of carbonyl (C=O) groups excluding carboxylic acids is 3. The molecule has 0 aliphatic carbocycles. The van der Waals surface area contributed by atoms with E-state index in [1.807, 2.05) is 0 Å². The quantitative estimate of drug-likeness (QED) is 0.0571. The molecule has 0 fully saturated rings. The zero-order valence-corrected chi connectivity index (χ0v) is 18.2. The van der Waals surface area contributed by atoms with Crippen molar-refractivity contribution >= 4 is 35.6 Å². The molecule has 0 heterocycles. The maximum absolute atomic E-state index is 12.5. The van der Waals surface area contributed by atoms with Crippen molar-refractivity contribution in [2.75, 3.05) is 26.2 Å². The van der Waals surface area contributed by atoms with Gasteiger partial charge in [-0.1, -0.05) is 0 Å². The lowest BCUT2D eigenvalue weighted by atomic mass is 10.1. The van der Waals surface area contributed by atoms with E-state index in [2.05, 4.69) is 25.9 Å². The highest BCUT2D eigenvalue weighted by molar-refractivity contribution is 5.93. The number of carboxylic acid groups (broad SMARTS) is 1. The standard InChI is InChI=1S/C17H34N10O6/c18-9(3-1-5-23-16(19)20)13(31)27-11(8-28)15(33)26-10(4-2-6-24-17(21)22)14(32)25-7-12(29)30/h9-11,28H,1-8,18H2,(H,25,32)(H,26,33)(H,27,31)(H,29,30)(H4,19,20,23)(H4,21,22,24)/t9-,10-,11-/m0/s1. The molecule has 0 rings (SSSR count). The SMILES string of the molecule is NC(N)=NCCC[C@H](NC(=O)[C@H](CO)NC(=O)[C@@H](N)CCCN=C(N)N)C(=O)NCC(=O)O. The summed E-state index contributed by atoms with van der Waals surface area (Å²) >= 11 is 0. The second kappa shape index (κ2) is 16.0. The molecule has 0 unspecified atom stereocenters. The Hall–Kier alpha value is -3.66. The number of hydrogen-bond donors (Lipinski definition) is 10. The first kappa shape index (κ1) is 29.3. The number of aliphatic imine (C=N–C) groups is 2. The molecule has 3 amide bonds. The van der Waals surface area contributed by atoms with Crippen molar-refractivity contribution in [3.63, 3.8) is 0 Å². The molecule has 15 N–H and O–H groups in total. The molecule has 3 atom stereocenters. The zero-order valence-electron chi connectivity index (χ0n) is 18.2. The van der Waals surface area contributed by atoms with Crippen molar-refractivity contribution < 1.29 is 29.4 Å². The maximum atomic E-state index is 12.5. The van der Waals surface area contributed by atoms with Crippen LogP contribution in [-0.4, -0.2) is 90.2 Å². The van der Waals surface area contributed by atoms with Crippen molar-refractivity contribution in [1.29, 1.82) is 0 Å². The summed E-state index contributed by atoms with van der Waals surface area (Å²) in [6.07, 6.45) is 0.960. The fourth-order valence-electron chi connectivity index (χ4n) is 2.45. The van der Waals surface area contributed by atoms with Gasteiger partial charge < -0.3 is 54.8 Å². The number of guanidine groups is 2. The number of hydrogen-bond acceptors (Lipinski definition) is 8. The normalized spacial score (nSPS) is 13.0. The van der Waals surface area contributed by atoms with Crippen LogP contribution in [0.1, 0.15) is 25.7 Å². The summed E-state index contributed by atoms with van der Waals surface area (Å²) in [7, 11) is 0. The second-order valence-corrected chi connectivity index (χ2v) is 6.92. The first-order valence-corrected chi connectivity index (χ1v) is 10.0. The Bertz CT molecular complexity index is 721. The van der Waals surface area contributed by atoms with Gasteiger partial charge in [0.1, 0.15) is 18.6 Å². The van der Waals surface area contributed by atoms with Gasteiger partial charge in [-0.3, -0.25) is 29.2 Å². The van der Waals surface area contributed by atoms with Crippen LogP contribution in [0.5, 0.6) is 0 Å². The molecule has 16 heteroatoms. The van der Waals surface area contributed by atoms with Crippen LogP contribution in [-0.2, 0) is 19.2 Å². The van der Waals surface area contributed by atoms with E-state index >= 15 is 0 Å². The minimum atomic E-state index is -1.39. The van der Waals surface area contributed by atoms with Crippen molar-refractivity contribution in [3.8, 4) is 0 Å². The third-order valence-electron chi connectivity index (χ3n) is 4.11. The molecule has 0 aromatic heterocycles. The topological polar surface area (TPSA) is 300 Å². The molecule has 33 heavy (non-hydrogen) atoms. The van der Waals surface area contributed by atoms with Crippen LogP contribution in [0.3, 0.4) is 0 Å². The van der Waals surface area contributed by atoms with E-state index in [4.69, 9.17) is 33.8 Å². The van der Waals surface area contributed by atoms with Crippen LogP contribution in [0.15, 0.2) is 9.98 Å². The lowest BCUT2D eigenvalue weighted by Gasteiger charge is -2.23. The van der Waals surface area contributed by atoms with Crippen LogP contribution in [0.2, 0.25) is 0 Å². The summed E-state index contributed by atoms with van der Waals surface area (Å²) in [6, 6.07) is -3.55. The summed E-state index contributed by atoms with van der Waals surface area (Å²) < 4.78 is 0. The van der Waals surface area contributed by atoms with Gasteiger partial charge in [-0.05, 0) is 25.7 Å². The smallest absolute Gasteiger partial charge is 0.322 e. The Balaban J connectivity index is 4.97. The summed E-state index contributed by atoms with van der Waals surface area (Å²) in [5, 5.41) is 25.1. The lowest BCUT2D eigenvalue weighted by molar-refractivity contribution is -0.138. The van der Waals surface area contributed by atoms with E-state index in [9.17, 15) is 24.3 Å². The first-order valence-electron chi connectivity index (χ1n) is 10.0. The van der Waals surface area contributed by atoms with E-state index in [-0.39, 0.29) is 44.3 Å². The van der Waals surface area contributed by atoms with Gasteiger partial charge in [0.05, 0.1) is 12.6 Å². The summed E-state index contributed by atoms with van der Waals surface area (Å²) in [5.74, 6) is -3.85. The summed E-state index contributed by atoms with van der Waals surface area (Å²) in [6.45, 7) is -1.00. The van der Waals surface area contributed by atoms with E-state index in [0.717, 1.165) is 0 Å². The van der Waals surface area contributed by atoms with Crippen LogP contribution < -0.4 is 44.6 Å². The first-order chi connectivity index (χ1) is 15.5. The minimum Gasteiger partial charge on any atom is -0.480 e. The van der Waals surface area contributed by atoms with Gasteiger partial charge in [0, 0.05) is 13.1 Å². The molecule has 0 aliphatic rings. The fraction of sp³-hybridized carbons (Fsp3) is 0.647. The van der Waals surface area contributed by atoms with Crippen molar-refractivity contribution in [2.24, 2.45) is 38.7 Å². The Labute approximate surface area is 190 Å². The zero-order chi connectivity index (χ0) is 25.4. The van der Waals surface area contributed by atoms with E-state index in [1.165, 1.54) is 0 Å². The van der Waals surface area contributed by atoms with Gasteiger partial charge in [0.15, 0.2) is 11.9 Å². The second-order valence-electron chi connectivity index (χ2n) is 6.92. The molecule has 0 saturated heterocycles. The molecule has 0 aromatic rings. The average Bonchev–Trinajstić information content (AvgIpc) is 2.74. The number of aliphatic carboxylic acids is 1. The molecule has 0 aromatic carbocycles. The Kier molecular flexibility index (Phi) is 14.3. The molecular weight excluding hydrogens is 440 g/mol. The van der Waals surface area contributed by atoms with Gasteiger partial charge in [-0.2, -0.15) is 0 Å². The van der Waals surface area contributed by atoms with Gasteiger partial charge in [0.25, 0.3) is 0 Å². The third-order valence-corrected chi connectivity index (χ3v) is 4.11. The number of rotatable bonds is 16. The van der Waals surface area contributed by atoms with Crippen molar-refractivity contribution in [2.45, 2.75) is 43.8 Å². The Morgan fingerprint density at radius 1 is 0.788 bits per heavy atom. The predicted octanol–water partition coefficient (Wildman–Crippen LogP) is -5.42. The molecule has 0 radical (unpaired) electrons. The molecule has 0 spiro atoms. The van der Waals surface area contributed by atoms with Crippen LogP contribution >= 0.6 is 0 Å². The summed E-state index contributed by atoms with van der Waals surface area (Å²) in [4.78, 5) is 55.2. The average molecular weight is 475 g/mol. The van der Waals surface area contributed by atoms with Crippen LogP contribution in [0.4, 0.5) is 0 Å². The molecule has 0 bridgehead atoms. The highest BCUT2D eigenvalue weighted by Gasteiger charge is 2.27. The molecule has 16 nitrogen and oxygen atoms in total. The Morgan fingerprint density at radius 2 is 1.30 bits per heavy atom. The van der Waals surface area contributed by atoms with Gasteiger partial charge in [-0.15, -0.1) is 0 Å². The molecule has 188 valence electrons. The number of nitrogens with zero attached hydrogens (tertiary/aromatic N) is 2. The van der Waals surface area contributed by atoms with Crippen molar-refractivity contribution in [3.05, 3.63) is 0 Å². The van der Waals surface area contributed by atoms with Gasteiger partial charge in [-0.25, -0.2) is 0 Å². The number of carboxylic acids is 1. The molecular formula is C17H34N10O6. The highest BCUT2D eigenvalue weighted by Crippen LogP contribution is 2.01. The van der Waals surface area contributed by atoms with Crippen molar-refractivity contribution in [1.82, 2.24) is 16.0 Å². The lowest BCUT2D eigenvalue weighted by Crippen LogP contribution is -2.57. The number of nitrogens with two attached hydrogens (primary N) is 5. The number of carbonyl (C=O) groups is 4. The number of amides is 3. The third kappa shape index (κ3) is 14.1. The monoisotopic (exact) mass is 474 g/mol. The predicted molar refractivity (Wildman–Crippen MR) is 119 cm³/mol. The van der Waals surface area contributed by atoms with Crippen LogP contribution in [0.25, 0.3) is 0 Å². The molecule has 0 aliphatic heterocycles. The van der Waals surface area contributed by atoms with E-state index in [0.29, 0.717) is 6.42 Å². The molecule has 0 saturated carbocycles. The van der Waals surface area contributed by atoms with Gasteiger partial charge >= 0.3 is 5.97 Å². The number of aliphatic hydroxyl groups is 1.